The maximum absolute atomic E-state index is 10.9. The second kappa shape index (κ2) is 9.66. The number of benzene rings is 1. The summed E-state index contributed by atoms with van der Waals surface area (Å²) in [6.45, 7) is 4.26. The third-order valence-corrected chi connectivity index (χ3v) is 3.63. The molecule has 1 saturated heterocycles. The molecule has 0 atom stereocenters. The molecule has 122 valence electrons. The van der Waals surface area contributed by atoms with Gasteiger partial charge in [0.05, 0.1) is 0 Å². The zero-order chi connectivity index (χ0) is 15.1. The Balaban J connectivity index is 0.00000242. The van der Waals surface area contributed by atoms with Gasteiger partial charge >= 0.3 is 0 Å². The molecule has 0 spiro atoms. The van der Waals surface area contributed by atoms with E-state index >= 15 is 0 Å². The van der Waals surface area contributed by atoms with Crippen LogP contribution in [0.5, 0.6) is 0 Å². The molecule has 22 heavy (non-hydrogen) atoms. The van der Waals surface area contributed by atoms with E-state index < -0.39 is 0 Å². The average Bonchev–Trinajstić information content (AvgIpc) is 2.49. The molecule has 2 rings (SSSR count). The lowest BCUT2D eigenvalue weighted by Crippen LogP contribution is -2.41. The monoisotopic (exact) mass is 416 g/mol. The highest BCUT2D eigenvalue weighted by molar-refractivity contribution is 14.0. The van der Waals surface area contributed by atoms with Gasteiger partial charge < -0.3 is 16.0 Å². The summed E-state index contributed by atoms with van der Waals surface area (Å²) in [4.78, 5) is 17.6. The molecule has 6 heteroatoms. The van der Waals surface area contributed by atoms with E-state index in [-0.39, 0.29) is 29.9 Å². The summed E-state index contributed by atoms with van der Waals surface area (Å²) < 4.78 is 0. The summed E-state index contributed by atoms with van der Waals surface area (Å²) in [6.07, 6.45) is 4.57. The zero-order valence-electron chi connectivity index (χ0n) is 13.0. The standard InChI is InChI=1S/C16H24N4O.HI/c1-13(21)19-15-7-5-14(6-8-15)9-10-18-16(17)20-11-3-2-4-12-20;/h5-8H,2-4,9-12H2,1H3,(H2,17,18)(H,19,21);1H. The number of hydrogen-bond acceptors (Lipinski definition) is 2. The lowest BCUT2D eigenvalue weighted by Gasteiger charge is -2.27. The molecule has 1 aromatic carbocycles. The van der Waals surface area contributed by atoms with Gasteiger partial charge in [-0.1, -0.05) is 12.1 Å². The molecule has 3 N–H and O–H groups in total. The van der Waals surface area contributed by atoms with Crippen molar-refractivity contribution in [2.75, 3.05) is 25.0 Å². The number of amides is 1. The van der Waals surface area contributed by atoms with Gasteiger partial charge in [-0.3, -0.25) is 9.79 Å². The third kappa shape index (κ3) is 6.21. The van der Waals surface area contributed by atoms with E-state index in [4.69, 9.17) is 5.73 Å². The smallest absolute Gasteiger partial charge is 0.221 e. The molecule has 1 heterocycles. The van der Waals surface area contributed by atoms with Gasteiger partial charge in [0.15, 0.2) is 5.96 Å². The van der Waals surface area contributed by atoms with Gasteiger partial charge in [0.2, 0.25) is 5.91 Å². The molecule has 1 fully saturated rings. The van der Waals surface area contributed by atoms with Crippen LogP contribution in [0, 0.1) is 0 Å². The van der Waals surface area contributed by atoms with E-state index in [0.29, 0.717) is 12.5 Å². The van der Waals surface area contributed by atoms with Crippen LogP contribution in [-0.2, 0) is 11.2 Å². The minimum atomic E-state index is -0.0540. The molecular formula is C16H25IN4O. The zero-order valence-corrected chi connectivity index (χ0v) is 15.4. The molecule has 5 nitrogen and oxygen atoms in total. The number of guanidine groups is 1. The van der Waals surface area contributed by atoms with Crippen LogP contribution in [0.15, 0.2) is 29.3 Å². The minimum Gasteiger partial charge on any atom is -0.370 e. The molecule has 1 aromatic rings. The highest BCUT2D eigenvalue weighted by Gasteiger charge is 2.11. The average molecular weight is 416 g/mol. The van der Waals surface area contributed by atoms with Gasteiger partial charge in [0.25, 0.3) is 0 Å². The van der Waals surface area contributed by atoms with E-state index in [1.54, 1.807) is 0 Å². The van der Waals surface area contributed by atoms with E-state index in [2.05, 4.69) is 15.2 Å². The summed E-state index contributed by atoms with van der Waals surface area (Å²) >= 11 is 0. The van der Waals surface area contributed by atoms with Crippen molar-refractivity contribution < 1.29 is 4.79 Å². The van der Waals surface area contributed by atoms with Crippen LogP contribution in [0.2, 0.25) is 0 Å². The number of carbonyl (C=O) groups excluding carboxylic acids is 1. The van der Waals surface area contributed by atoms with Crippen molar-refractivity contribution >= 4 is 41.5 Å². The lowest BCUT2D eigenvalue weighted by molar-refractivity contribution is -0.114. The SMILES string of the molecule is CC(=O)Nc1ccc(CCN=C(N)N2CCCCC2)cc1.I. The van der Waals surface area contributed by atoms with Crippen molar-refractivity contribution in [1.82, 2.24) is 4.90 Å². The maximum Gasteiger partial charge on any atom is 0.221 e. The van der Waals surface area contributed by atoms with Gasteiger partial charge in [-0.2, -0.15) is 0 Å². The molecule has 1 amide bonds. The van der Waals surface area contributed by atoms with E-state index in [9.17, 15) is 4.79 Å². The highest BCUT2D eigenvalue weighted by Crippen LogP contribution is 2.11. The Bertz CT molecular complexity index is 495. The Kier molecular flexibility index (Phi) is 8.22. The van der Waals surface area contributed by atoms with Crippen LogP contribution < -0.4 is 11.1 Å². The van der Waals surface area contributed by atoms with Crippen LogP contribution in [0.3, 0.4) is 0 Å². The molecule has 0 unspecified atom stereocenters. The Morgan fingerprint density at radius 2 is 1.86 bits per heavy atom. The van der Waals surface area contributed by atoms with Crippen LogP contribution in [0.1, 0.15) is 31.7 Å². The Labute approximate surface area is 149 Å². The van der Waals surface area contributed by atoms with Crippen LogP contribution in [0.25, 0.3) is 0 Å². The predicted molar refractivity (Wildman–Crippen MR) is 102 cm³/mol. The molecule has 0 radical (unpaired) electrons. The van der Waals surface area contributed by atoms with Crippen molar-refractivity contribution in [1.29, 1.82) is 0 Å². The van der Waals surface area contributed by atoms with Gasteiger partial charge in [-0.05, 0) is 43.4 Å². The van der Waals surface area contributed by atoms with E-state index in [0.717, 1.165) is 25.2 Å². The Hall–Kier alpha value is -1.31. The lowest BCUT2D eigenvalue weighted by atomic mass is 10.1. The number of likely N-dealkylation sites (tertiary alicyclic amines) is 1. The summed E-state index contributed by atoms with van der Waals surface area (Å²) in [7, 11) is 0. The van der Waals surface area contributed by atoms with Gasteiger partial charge in [0.1, 0.15) is 0 Å². The van der Waals surface area contributed by atoms with Crippen molar-refractivity contribution in [2.45, 2.75) is 32.6 Å². The number of anilines is 1. The Morgan fingerprint density at radius 3 is 2.45 bits per heavy atom. The van der Waals surface area contributed by atoms with Crippen molar-refractivity contribution in [3.05, 3.63) is 29.8 Å². The van der Waals surface area contributed by atoms with Gasteiger partial charge in [0, 0.05) is 32.2 Å². The topological polar surface area (TPSA) is 70.7 Å². The van der Waals surface area contributed by atoms with Gasteiger partial charge in [-0.15, -0.1) is 24.0 Å². The fraction of sp³-hybridized carbons (Fsp3) is 0.500. The summed E-state index contributed by atoms with van der Waals surface area (Å²) in [6, 6.07) is 7.85. The normalized spacial score (nSPS) is 15.1. The first kappa shape index (κ1) is 18.7. The molecule has 0 saturated carbocycles. The van der Waals surface area contributed by atoms with Crippen molar-refractivity contribution in [2.24, 2.45) is 10.7 Å². The number of nitrogens with one attached hydrogen (secondary N) is 1. The predicted octanol–water partition coefficient (Wildman–Crippen LogP) is 2.61. The molecular weight excluding hydrogens is 391 g/mol. The maximum atomic E-state index is 10.9. The number of nitrogens with zero attached hydrogens (tertiary/aromatic N) is 2. The van der Waals surface area contributed by atoms with Crippen LogP contribution >= 0.6 is 24.0 Å². The quantitative estimate of drug-likeness (QED) is 0.451. The number of carbonyl (C=O) groups is 1. The summed E-state index contributed by atoms with van der Waals surface area (Å²) in [5.74, 6) is 0.617. The van der Waals surface area contributed by atoms with Gasteiger partial charge in [-0.25, -0.2) is 0 Å². The number of piperidine rings is 1. The highest BCUT2D eigenvalue weighted by atomic mass is 127. The van der Waals surface area contributed by atoms with Crippen molar-refractivity contribution in [3.8, 4) is 0 Å². The first-order valence-corrected chi connectivity index (χ1v) is 7.56. The van der Waals surface area contributed by atoms with E-state index in [1.165, 1.54) is 31.7 Å². The minimum absolute atomic E-state index is 0. The Morgan fingerprint density at radius 1 is 1.23 bits per heavy atom. The number of rotatable bonds is 4. The molecule has 1 aliphatic rings. The second-order valence-electron chi connectivity index (χ2n) is 5.42. The third-order valence-electron chi connectivity index (χ3n) is 3.63. The summed E-state index contributed by atoms with van der Waals surface area (Å²) in [5.41, 5.74) is 8.04. The summed E-state index contributed by atoms with van der Waals surface area (Å²) in [5, 5.41) is 2.76. The van der Waals surface area contributed by atoms with Crippen LogP contribution in [-0.4, -0.2) is 36.4 Å². The molecule has 0 aliphatic carbocycles. The number of aliphatic imine (C=N–C) groups is 1. The first-order valence-electron chi connectivity index (χ1n) is 7.56. The molecule has 1 aliphatic heterocycles. The first-order chi connectivity index (χ1) is 10.1. The second-order valence-corrected chi connectivity index (χ2v) is 5.42. The number of nitrogens with two attached hydrogens (primary N) is 1. The largest absolute Gasteiger partial charge is 0.370 e. The van der Waals surface area contributed by atoms with Crippen molar-refractivity contribution in [3.63, 3.8) is 0 Å². The molecule has 0 aromatic heterocycles. The fourth-order valence-electron chi connectivity index (χ4n) is 2.48. The number of halogens is 1. The molecule has 0 bridgehead atoms. The number of hydrogen-bond donors (Lipinski definition) is 2. The fourth-order valence-corrected chi connectivity index (χ4v) is 2.48. The van der Waals surface area contributed by atoms with E-state index in [1.807, 2.05) is 24.3 Å². The van der Waals surface area contributed by atoms with Crippen LogP contribution in [0.4, 0.5) is 5.69 Å².